The molecule has 104 valence electrons. The van der Waals surface area contributed by atoms with E-state index >= 15 is 0 Å². The molecule has 0 saturated carbocycles. The summed E-state index contributed by atoms with van der Waals surface area (Å²) in [6, 6.07) is 4.46. The van der Waals surface area contributed by atoms with Crippen molar-refractivity contribution in [3.05, 3.63) is 29.6 Å². The minimum Gasteiger partial charge on any atom is -0.389 e. The van der Waals surface area contributed by atoms with Crippen LogP contribution in [-0.2, 0) is 4.74 Å². The Morgan fingerprint density at radius 2 is 2.37 bits per heavy atom. The van der Waals surface area contributed by atoms with Crippen molar-refractivity contribution in [2.45, 2.75) is 25.9 Å². The van der Waals surface area contributed by atoms with E-state index in [2.05, 4.69) is 12.2 Å². The minimum atomic E-state index is -0.330. The summed E-state index contributed by atoms with van der Waals surface area (Å²) in [5, 5.41) is 3.31. The summed E-state index contributed by atoms with van der Waals surface area (Å²) in [6.07, 6.45) is 2.37. The molecule has 1 aliphatic rings. The maximum absolute atomic E-state index is 13.2. The van der Waals surface area contributed by atoms with E-state index in [9.17, 15) is 4.39 Å². The van der Waals surface area contributed by atoms with Crippen LogP contribution < -0.4 is 11.1 Å². The molecule has 2 rings (SSSR count). The Labute approximate surface area is 118 Å². The molecule has 19 heavy (non-hydrogen) atoms. The first-order valence-electron chi connectivity index (χ1n) is 6.56. The van der Waals surface area contributed by atoms with Gasteiger partial charge in [-0.2, -0.15) is 0 Å². The molecule has 2 unspecified atom stereocenters. The summed E-state index contributed by atoms with van der Waals surface area (Å²) >= 11 is 4.95. The van der Waals surface area contributed by atoms with E-state index < -0.39 is 0 Å². The molecule has 5 heteroatoms. The number of hydrogen-bond donors (Lipinski definition) is 2. The Hall–Kier alpha value is -1.20. The molecule has 0 amide bonds. The third-order valence-corrected chi connectivity index (χ3v) is 3.77. The summed E-state index contributed by atoms with van der Waals surface area (Å²) < 4.78 is 18.9. The lowest BCUT2D eigenvalue weighted by Crippen LogP contribution is -2.24. The Kier molecular flexibility index (Phi) is 4.71. The van der Waals surface area contributed by atoms with Crippen LogP contribution in [-0.4, -0.2) is 24.2 Å². The maximum atomic E-state index is 13.2. The molecular formula is C14H19FN2OS. The molecule has 1 aromatic carbocycles. The number of thiocarbonyl (C=S) groups is 1. The molecule has 2 atom stereocenters. The summed E-state index contributed by atoms with van der Waals surface area (Å²) in [4.78, 5) is 0.205. The standard InChI is InChI=1S/C14H19FN2OS/c1-2-13-9(5-6-18-13)8-17-12-4-3-10(15)7-11(12)14(16)19/h3-4,7,9,13,17H,2,5-6,8H2,1H3,(H2,16,19). The van der Waals surface area contributed by atoms with E-state index in [-0.39, 0.29) is 10.8 Å². The van der Waals surface area contributed by atoms with Gasteiger partial charge in [0.2, 0.25) is 0 Å². The number of ether oxygens (including phenoxy) is 1. The minimum absolute atomic E-state index is 0.205. The first-order valence-corrected chi connectivity index (χ1v) is 6.97. The highest BCUT2D eigenvalue weighted by Crippen LogP contribution is 2.25. The number of nitrogens with two attached hydrogens (primary N) is 1. The molecule has 1 aliphatic heterocycles. The highest BCUT2D eigenvalue weighted by molar-refractivity contribution is 7.80. The second-order valence-electron chi connectivity index (χ2n) is 4.80. The Bertz CT molecular complexity index is 467. The van der Waals surface area contributed by atoms with Gasteiger partial charge in [0.15, 0.2) is 0 Å². The van der Waals surface area contributed by atoms with Gasteiger partial charge in [-0.15, -0.1) is 0 Å². The molecule has 0 aromatic heterocycles. The summed E-state index contributed by atoms with van der Waals surface area (Å²) in [5.41, 5.74) is 6.97. The third-order valence-electron chi connectivity index (χ3n) is 3.55. The predicted molar refractivity (Wildman–Crippen MR) is 78.9 cm³/mol. The molecule has 1 aromatic rings. The zero-order chi connectivity index (χ0) is 13.8. The highest BCUT2D eigenvalue weighted by atomic mass is 32.1. The van der Waals surface area contributed by atoms with Crippen LogP contribution in [0.4, 0.5) is 10.1 Å². The van der Waals surface area contributed by atoms with E-state index in [1.807, 2.05) is 0 Å². The molecular weight excluding hydrogens is 263 g/mol. The van der Waals surface area contributed by atoms with Crippen LogP contribution in [0.15, 0.2) is 18.2 Å². The zero-order valence-corrected chi connectivity index (χ0v) is 11.8. The van der Waals surface area contributed by atoms with E-state index in [0.717, 1.165) is 31.7 Å². The van der Waals surface area contributed by atoms with Gasteiger partial charge >= 0.3 is 0 Å². The lowest BCUT2D eigenvalue weighted by atomic mass is 9.99. The van der Waals surface area contributed by atoms with Crippen LogP contribution in [0, 0.1) is 11.7 Å². The Morgan fingerprint density at radius 1 is 1.58 bits per heavy atom. The lowest BCUT2D eigenvalue weighted by molar-refractivity contribution is 0.0900. The lowest BCUT2D eigenvalue weighted by Gasteiger charge is -2.19. The third kappa shape index (κ3) is 3.42. The summed E-state index contributed by atoms with van der Waals surface area (Å²) in [6.45, 7) is 3.73. The van der Waals surface area contributed by atoms with Crippen LogP contribution in [0.2, 0.25) is 0 Å². The van der Waals surface area contributed by atoms with E-state index in [1.165, 1.54) is 12.1 Å². The van der Waals surface area contributed by atoms with Crippen molar-refractivity contribution >= 4 is 22.9 Å². The van der Waals surface area contributed by atoms with E-state index in [0.29, 0.717) is 17.6 Å². The number of anilines is 1. The van der Waals surface area contributed by atoms with Crippen LogP contribution in [0.25, 0.3) is 0 Å². The fraction of sp³-hybridized carbons (Fsp3) is 0.500. The first-order chi connectivity index (χ1) is 9.11. The van der Waals surface area contributed by atoms with Gasteiger partial charge in [-0.3, -0.25) is 0 Å². The highest BCUT2D eigenvalue weighted by Gasteiger charge is 2.26. The average molecular weight is 282 g/mol. The number of benzene rings is 1. The van der Waals surface area contributed by atoms with E-state index in [1.54, 1.807) is 6.07 Å². The van der Waals surface area contributed by atoms with Gasteiger partial charge in [-0.05, 0) is 31.0 Å². The van der Waals surface area contributed by atoms with Crippen molar-refractivity contribution in [2.24, 2.45) is 11.7 Å². The van der Waals surface area contributed by atoms with Crippen LogP contribution in [0.5, 0.6) is 0 Å². The van der Waals surface area contributed by atoms with Gasteiger partial charge in [-0.1, -0.05) is 19.1 Å². The second kappa shape index (κ2) is 6.30. The number of hydrogen-bond acceptors (Lipinski definition) is 3. The van der Waals surface area contributed by atoms with Gasteiger partial charge < -0.3 is 15.8 Å². The van der Waals surface area contributed by atoms with Crippen molar-refractivity contribution in [3.8, 4) is 0 Å². The molecule has 3 N–H and O–H groups in total. The van der Waals surface area contributed by atoms with Crippen molar-refractivity contribution in [1.29, 1.82) is 0 Å². The molecule has 1 heterocycles. The SMILES string of the molecule is CCC1OCCC1CNc1ccc(F)cc1C(N)=S. The number of rotatable bonds is 5. The topological polar surface area (TPSA) is 47.3 Å². The first kappa shape index (κ1) is 14.2. The monoisotopic (exact) mass is 282 g/mol. The molecule has 0 radical (unpaired) electrons. The number of nitrogens with one attached hydrogen (secondary N) is 1. The molecule has 0 spiro atoms. The Morgan fingerprint density at radius 3 is 3.05 bits per heavy atom. The van der Waals surface area contributed by atoms with Crippen molar-refractivity contribution in [3.63, 3.8) is 0 Å². The van der Waals surface area contributed by atoms with Crippen LogP contribution in [0.1, 0.15) is 25.3 Å². The maximum Gasteiger partial charge on any atom is 0.124 e. The quantitative estimate of drug-likeness (QED) is 0.815. The van der Waals surface area contributed by atoms with E-state index in [4.69, 9.17) is 22.7 Å². The summed E-state index contributed by atoms with van der Waals surface area (Å²) in [5.74, 6) is 0.151. The molecule has 3 nitrogen and oxygen atoms in total. The van der Waals surface area contributed by atoms with Gasteiger partial charge in [0.25, 0.3) is 0 Å². The molecule has 0 aliphatic carbocycles. The van der Waals surface area contributed by atoms with Crippen molar-refractivity contribution < 1.29 is 9.13 Å². The van der Waals surface area contributed by atoms with Crippen molar-refractivity contribution in [2.75, 3.05) is 18.5 Å². The fourth-order valence-electron chi connectivity index (χ4n) is 2.49. The number of halogens is 1. The predicted octanol–water partition coefficient (Wildman–Crippen LogP) is 2.69. The summed E-state index contributed by atoms with van der Waals surface area (Å²) in [7, 11) is 0. The van der Waals surface area contributed by atoms with Gasteiger partial charge in [0, 0.05) is 30.3 Å². The second-order valence-corrected chi connectivity index (χ2v) is 5.24. The van der Waals surface area contributed by atoms with Gasteiger partial charge in [0.05, 0.1) is 6.10 Å². The Balaban J connectivity index is 2.05. The molecule has 0 bridgehead atoms. The smallest absolute Gasteiger partial charge is 0.124 e. The molecule has 1 fully saturated rings. The average Bonchev–Trinajstić information content (AvgIpc) is 2.84. The largest absolute Gasteiger partial charge is 0.389 e. The van der Waals surface area contributed by atoms with Crippen LogP contribution in [0.3, 0.4) is 0 Å². The zero-order valence-electron chi connectivity index (χ0n) is 11.0. The fourth-order valence-corrected chi connectivity index (χ4v) is 2.66. The van der Waals surface area contributed by atoms with Crippen LogP contribution >= 0.6 is 12.2 Å². The van der Waals surface area contributed by atoms with Gasteiger partial charge in [-0.25, -0.2) is 4.39 Å². The normalized spacial score (nSPS) is 22.4. The van der Waals surface area contributed by atoms with Gasteiger partial charge in [0.1, 0.15) is 10.8 Å². The van der Waals surface area contributed by atoms with Crippen molar-refractivity contribution in [1.82, 2.24) is 0 Å². The molecule has 1 saturated heterocycles.